The minimum absolute atomic E-state index is 0.0976. The number of nitro groups is 1. The molecule has 6 heteroatoms. The van der Waals surface area contributed by atoms with Gasteiger partial charge in [0.2, 0.25) is 0 Å². The fraction of sp³-hybridized carbons (Fsp3) is 0.538. The molecule has 102 valence electrons. The summed E-state index contributed by atoms with van der Waals surface area (Å²) < 4.78 is 5.78. The SMILES string of the molecule is Nc1ccc([N+](=O)[O-])cc1CN1CC2CCC(C1)O2. The number of hydrogen-bond donors (Lipinski definition) is 1. The maximum Gasteiger partial charge on any atom is 0.269 e. The number of nitrogens with zero attached hydrogens (tertiary/aromatic N) is 2. The molecule has 1 aromatic carbocycles. The van der Waals surface area contributed by atoms with Gasteiger partial charge in [0, 0.05) is 37.5 Å². The van der Waals surface area contributed by atoms with Crippen LogP contribution in [0.2, 0.25) is 0 Å². The Morgan fingerprint density at radius 2 is 2.05 bits per heavy atom. The third kappa shape index (κ3) is 2.54. The first-order valence-corrected chi connectivity index (χ1v) is 6.52. The summed E-state index contributed by atoms with van der Waals surface area (Å²) in [5, 5.41) is 10.8. The van der Waals surface area contributed by atoms with Crippen molar-refractivity contribution in [3.63, 3.8) is 0 Å². The monoisotopic (exact) mass is 263 g/mol. The molecule has 2 unspecified atom stereocenters. The van der Waals surface area contributed by atoms with Crippen molar-refractivity contribution in [2.24, 2.45) is 0 Å². The molecule has 2 atom stereocenters. The predicted octanol–water partition coefficient (Wildman–Crippen LogP) is 1.54. The number of nitro benzene ring substituents is 1. The van der Waals surface area contributed by atoms with Gasteiger partial charge in [-0.1, -0.05) is 0 Å². The highest BCUT2D eigenvalue weighted by Crippen LogP contribution is 2.28. The maximum absolute atomic E-state index is 10.8. The molecular weight excluding hydrogens is 246 g/mol. The van der Waals surface area contributed by atoms with Crippen molar-refractivity contribution in [2.45, 2.75) is 31.6 Å². The van der Waals surface area contributed by atoms with Crippen LogP contribution in [0.4, 0.5) is 11.4 Å². The molecule has 2 N–H and O–H groups in total. The number of hydrogen-bond acceptors (Lipinski definition) is 5. The fourth-order valence-electron chi connectivity index (χ4n) is 2.91. The summed E-state index contributed by atoms with van der Waals surface area (Å²) in [4.78, 5) is 12.7. The molecular formula is C13H17N3O3. The van der Waals surface area contributed by atoms with Crippen molar-refractivity contribution < 1.29 is 9.66 Å². The number of morpholine rings is 1. The molecule has 0 saturated carbocycles. The topological polar surface area (TPSA) is 81.6 Å². The van der Waals surface area contributed by atoms with Gasteiger partial charge in [0.1, 0.15) is 0 Å². The van der Waals surface area contributed by atoms with Crippen LogP contribution in [0.5, 0.6) is 0 Å². The summed E-state index contributed by atoms with van der Waals surface area (Å²) in [6.07, 6.45) is 2.87. The Morgan fingerprint density at radius 1 is 1.37 bits per heavy atom. The minimum atomic E-state index is -0.383. The number of ether oxygens (including phenoxy) is 1. The summed E-state index contributed by atoms with van der Waals surface area (Å²) in [5.74, 6) is 0. The summed E-state index contributed by atoms with van der Waals surface area (Å²) in [6.45, 7) is 2.43. The maximum atomic E-state index is 10.8. The molecule has 2 saturated heterocycles. The largest absolute Gasteiger partial charge is 0.398 e. The number of rotatable bonds is 3. The van der Waals surface area contributed by atoms with Crippen molar-refractivity contribution in [2.75, 3.05) is 18.8 Å². The van der Waals surface area contributed by atoms with Gasteiger partial charge in [-0.15, -0.1) is 0 Å². The average Bonchev–Trinajstić information content (AvgIpc) is 2.71. The van der Waals surface area contributed by atoms with Crippen molar-refractivity contribution >= 4 is 11.4 Å². The molecule has 0 radical (unpaired) electrons. The highest BCUT2D eigenvalue weighted by Gasteiger charge is 2.33. The van der Waals surface area contributed by atoms with Crippen LogP contribution < -0.4 is 5.73 Å². The van der Waals surface area contributed by atoms with Crippen LogP contribution in [0.1, 0.15) is 18.4 Å². The molecule has 0 aliphatic carbocycles. The van der Waals surface area contributed by atoms with Crippen LogP contribution in [0.25, 0.3) is 0 Å². The van der Waals surface area contributed by atoms with Gasteiger partial charge < -0.3 is 10.5 Å². The van der Waals surface area contributed by atoms with Crippen molar-refractivity contribution in [3.8, 4) is 0 Å². The van der Waals surface area contributed by atoms with E-state index in [1.807, 2.05) is 0 Å². The van der Waals surface area contributed by atoms with E-state index in [9.17, 15) is 10.1 Å². The Labute approximate surface area is 111 Å². The molecule has 0 spiro atoms. The summed E-state index contributed by atoms with van der Waals surface area (Å²) in [7, 11) is 0. The second-order valence-electron chi connectivity index (χ2n) is 5.29. The molecule has 2 fully saturated rings. The van der Waals surface area contributed by atoms with Crippen molar-refractivity contribution in [1.82, 2.24) is 4.90 Å². The molecule has 2 heterocycles. The molecule has 6 nitrogen and oxygen atoms in total. The zero-order valence-electron chi connectivity index (χ0n) is 10.6. The number of fused-ring (bicyclic) bond motifs is 2. The molecule has 0 amide bonds. The second kappa shape index (κ2) is 4.79. The first-order valence-electron chi connectivity index (χ1n) is 6.52. The zero-order valence-corrected chi connectivity index (χ0v) is 10.6. The van der Waals surface area contributed by atoms with E-state index >= 15 is 0 Å². The Kier molecular flexibility index (Phi) is 3.12. The van der Waals surface area contributed by atoms with Crippen molar-refractivity contribution in [1.29, 1.82) is 0 Å². The van der Waals surface area contributed by atoms with Gasteiger partial charge in [-0.25, -0.2) is 0 Å². The number of likely N-dealkylation sites (tertiary alicyclic amines) is 1. The molecule has 2 aliphatic heterocycles. The lowest BCUT2D eigenvalue weighted by Gasteiger charge is -2.32. The summed E-state index contributed by atoms with van der Waals surface area (Å²) in [6, 6.07) is 4.64. The normalized spacial score (nSPS) is 26.5. The Balaban J connectivity index is 1.75. The lowest BCUT2D eigenvalue weighted by atomic mass is 10.1. The number of benzene rings is 1. The fourth-order valence-corrected chi connectivity index (χ4v) is 2.91. The van der Waals surface area contributed by atoms with E-state index in [1.54, 1.807) is 12.1 Å². The van der Waals surface area contributed by atoms with E-state index in [1.165, 1.54) is 6.07 Å². The molecule has 2 bridgehead atoms. The van der Waals surface area contributed by atoms with Crippen molar-refractivity contribution in [3.05, 3.63) is 33.9 Å². The van der Waals surface area contributed by atoms with E-state index in [4.69, 9.17) is 10.5 Å². The van der Waals surface area contributed by atoms with Crippen LogP contribution in [0.3, 0.4) is 0 Å². The number of anilines is 1. The Morgan fingerprint density at radius 3 is 2.68 bits per heavy atom. The van der Waals surface area contributed by atoms with E-state index in [-0.39, 0.29) is 10.6 Å². The van der Waals surface area contributed by atoms with Crippen LogP contribution in [0, 0.1) is 10.1 Å². The molecule has 2 aliphatic rings. The van der Waals surface area contributed by atoms with Gasteiger partial charge in [0.15, 0.2) is 0 Å². The third-order valence-corrected chi connectivity index (χ3v) is 3.85. The zero-order chi connectivity index (χ0) is 13.4. The van der Waals surface area contributed by atoms with E-state index < -0.39 is 0 Å². The smallest absolute Gasteiger partial charge is 0.269 e. The Bertz CT molecular complexity index is 494. The van der Waals surface area contributed by atoms with Gasteiger partial charge in [0.25, 0.3) is 5.69 Å². The highest BCUT2D eigenvalue weighted by molar-refractivity contribution is 5.52. The third-order valence-electron chi connectivity index (χ3n) is 3.85. The van der Waals surface area contributed by atoms with Crippen LogP contribution in [0.15, 0.2) is 18.2 Å². The van der Waals surface area contributed by atoms with E-state index in [0.717, 1.165) is 31.5 Å². The van der Waals surface area contributed by atoms with Crippen LogP contribution in [-0.4, -0.2) is 35.1 Å². The Hall–Kier alpha value is -1.66. The second-order valence-corrected chi connectivity index (χ2v) is 5.29. The molecule has 19 heavy (non-hydrogen) atoms. The first-order chi connectivity index (χ1) is 9.11. The standard InChI is InChI=1S/C13H17N3O3/c14-13-4-1-10(16(17)18)5-9(13)6-15-7-11-2-3-12(8-15)19-11/h1,4-5,11-12H,2-3,6-8,14H2. The molecule has 1 aromatic rings. The lowest BCUT2D eigenvalue weighted by Crippen LogP contribution is -2.42. The molecule has 3 rings (SSSR count). The predicted molar refractivity (Wildman–Crippen MR) is 70.7 cm³/mol. The lowest BCUT2D eigenvalue weighted by molar-refractivity contribution is -0.384. The van der Waals surface area contributed by atoms with Gasteiger partial charge in [-0.3, -0.25) is 15.0 Å². The van der Waals surface area contributed by atoms with Gasteiger partial charge >= 0.3 is 0 Å². The van der Waals surface area contributed by atoms with E-state index in [2.05, 4.69) is 4.90 Å². The number of non-ortho nitro benzene ring substituents is 1. The first kappa shape index (κ1) is 12.4. The van der Waals surface area contributed by atoms with E-state index in [0.29, 0.717) is 24.4 Å². The average molecular weight is 263 g/mol. The quantitative estimate of drug-likeness (QED) is 0.508. The number of nitrogen functional groups attached to an aromatic ring is 1. The van der Waals surface area contributed by atoms with Gasteiger partial charge in [-0.2, -0.15) is 0 Å². The number of nitrogens with two attached hydrogens (primary N) is 1. The minimum Gasteiger partial charge on any atom is -0.398 e. The van der Waals surface area contributed by atoms with Crippen LogP contribution >= 0.6 is 0 Å². The van der Waals surface area contributed by atoms with Gasteiger partial charge in [-0.05, 0) is 24.5 Å². The molecule has 0 aromatic heterocycles. The summed E-state index contributed by atoms with van der Waals surface area (Å²) >= 11 is 0. The van der Waals surface area contributed by atoms with Crippen LogP contribution in [-0.2, 0) is 11.3 Å². The van der Waals surface area contributed by atoms with Gasteiger partial charge in [0.05, 0.1) is 17.1 Å². The summed E-state index contributed by atoms with van der Waals surface area (Å²) in [5.41, 5.74) is 7.45. The highest BCUT2D eigenvalue weighted by atomic mass is 16.6.